The van der Waals surface area contributed by atoms with Gasteiger partial charge in [0.1, 0.15) is 5.75 Å². The van der Waals surface area contributed by atoms with Gasteiger partial charge in [-0.25, -0.2) is 0 Å². The molecule has 4 aromatic rings. The van der Waals surface area contributed by atoms with E-state index < -0.39 is 0 Å². The van der Waals surface area contributed by atoms with E-state index in [1.807, 2.05) is 49.5 Å². The van der Waals surface area contributed by atoms with Crippen molar-refractivity contribution in [3.05, 3.63) is 95.6 Å². The third-order valence-corrected chi connectivity index (χ3v) is 8.74. The number of rotatable bonds is 8. The molecule has 2 N–H and O–H groups in total. The Morgan fingerprint density at radius 2 is 1.77 bits per heavy atom. The molecule has 44 heavy (non-hydrogen) atoms. The molecule has 0 spiro atoms. The highest BCUT2D eigenvalue weighted by molar-refractivity contribution is 7.80. The SMILES string of the molecule is CCC(=O)Nc1ccc(N2C(=S)N[C@H](c3ccccn3)[C@H]2c2cc(C)n(-c3ccc(N4CCOCC4)cc3)c2C)cc1OC. The number of amides is 1. The van der Waals surface area contributed by atoms with Gasteiger partial charge in [-0.2, -0.15) is 0 Å². The summed E-state index contributed by atoms with van der Waals surface area (Å²) in [6.45, 7) is 9.45. The summed E-state index contributed by atoms with van der Waals surface area (Å²) in [5.74, 6) is 0.492. The number of hydrogen-bond acceptors (Lipinski definition) is 6. The third kappa shape index (κ3) is 5.62. The van der Waals surface area contributed by atoms with Crippen molar-refractivity contribution in [1.82, 2.24) is 14.9 Å². The number of aromatic nitrogens is 2. The van der Waals surface area contributed by atoms with Gasteiger partial charge in [0.15, 0.2) is 5.11 Å². The number of pyridine rings is 1. The van der Waals surface area contributed by atoms with Crippen molar-refractivity contribution in [3.8, 4) is 11.4 Å². The van der Waals surface area contributed by atoms with Crippen LogP contribution in [0.4, 0.5) is 17.1 Å². The second-order valence-electron chi connectivity index (χ2n) is 11.1. The maximum atomic E-state index is 12.1. The number of morpholine rings is 1. The number of methoxy groups -OCH3 is 1. The smallest absolute Gasteiger partial charge is 0.224 e. The Bertz CT molecular complexity index is 1650. The maximum Gasteiger partial charge on any atom is 0.224 e. The summed E-state index contributed by atoms with van der Waals surface area (Å²) in [4.78, 5) is 21.4. The van der Waals surface area contributed by atoms with Crippen LogP contribution in [-0.2, 0) is 9.53 Å². The van der Waals surface area contributed by atoms with Gasteiger partial charge in [-0.1, -0.05) is 13.0 Å². The number of carbonyl (C=O) groups is 1. The summed E-state index contributed by atoms with van der Waals surface area (Å²) in [7, 11) is 1.60. The first-order valence-electron chi connectivity index (χ1n) is 15.0. The van der Waals surface area contributed by atoms with Crippen LogP contribution in [0.25, 0.3) is 5.69 Å². The number of aryl methyl sites for hydroxylation is 1. The standard InChI is InChI=1S/C34H38N6O3S/c1-5-31(41)36-28-14-13-26(21-30(28)42-4)40-33(32(37-34(40)44)29-8-6-7-15-35-29)27-20-22(2)39(23(27)3)25-11-9-24(10-12-25)38-16-18-43-19-17-38/h6-15,20-21,32-33H,5,16-19H2,1-4H3,(H,36,41)(H,37,44)/t32-,33-/m1/s1. The summed E-state index contributed by atoms with van der Waals surface area (Å²) < 4.78 is 13.5. The summed E-state index contributed by atoms with van der Waals surface area (Å²) in [5, 5.41) is 7.08. The van der Waals surface area contributed by atoms with E-state index in [2.05, 4.69) is 69.2 Å². The van der Waals surface area contributed by atoms with Crippen LogP contribution in [0.15, 0.2) is 72.9 Å². The van der Waals surface area contributed by atoms with Crippen LogP contribution in [0.3, 0.4) is 0 Å². The highest BCUT2D eigenvalue weighted by Gasteiger charge is 2.42. The molecule has 0 aliphatic carbocycles. The number of carbonyl (C=O) groups excluding carboxylic acids is 1. The molecule has 2 aromatic carbocycles. The Morgan fingerprint density at radius 1 is 1.05 bits per heavy atom. The molecule has 6 rings (SSSR count). The largest absolute Gasteiger partial charge is 0.494 e. The third-order valence-electron chi connectivity index (χ3n) is 8.43. The summed E-state index contributed by atoms with van der Waals surface area (Å²) >= 11 is 5.99. The molecule has 4 heterocycles. The highest BCUT2D eigenvalue weighted by atomic mass is 32.1. The lowest BCUT2D eigenvalue weighted by molar-refractivity contribution is -0.115. The van der Waals surface area contributed by atoms with Gasteiger partial charge >= 0.3 is 0 Å². The second-order valence-corrected chi connectivity index (χ2v) is 11.4. The zero-order valence-corrected chi connectivity index (χ0v) is 26.4. The molecule has 0 saturated carbocycles. The molecule has 10 heteroatoms. The molecule has 2 aliphatic heterocycles. The molecule has 2 fully saturated rings. The Hall–Kier alpha value is -4.41. The maximum absolute atomic E-state index is 12.1. The first-order valence-corrected chi connectivity index (χ1v) is 15.4. The van der Waals surface area contributed by atoms with Gasteiger partial charge in [0, 0.05) is 60.2 Å². The van der Waals surface area contributed by atoms with Gasteiger partial charge in [0.2, 0.25) is 5.91 Å². The lowest BCUT2D eigenvalue weighted by Crippen LogP contribution is -2.36. The predicted octanol–water partition coefficient (Wildman–Crippen LogP) is 5.86. The monoisotopic (exact) mass is 610 g/mol. The average molecular weight is 611 g/mol. The molecular weight excluding hydrogens is 572 g/mol. The molecular formula is C34H38N6O3S. The average Bonchev–Trinajstić information content (AvgIpc) is 3.56. The number of hydrogen-bond donors (Lipinski definition) is 2. The number of anilines is 3. The Balaban J connectivity index is 1.41. The van der Waals surface area contributed by atoms with Crippen molar-refractivity contribution in [3.63, 3.8) is 0 Å². The molecule has 0 bridgehead atoms. The first kappa shape index (κ1) is 29.7. The molecule has 2 atom stereocenters. The second kappa shape index (κ2) is 12.7. The van der Waals surface area contributed by atoms with Crippen molar-refractivity contribution >= 4 is 40.3 Å². The van der Waals surface area contributed by atoms with Gasteiger partial charge in [-0.15, -0.1) is 0 Å². The van der Waals surface area contributed by atoms with Crippen LogP contribution >= 0.6 is 12.2 Å². The van der Waals surface area contributed by atoms with E-state index in [0.717, 1.165) is 60.3 Å². The van der Waals surface area contributed by atoms with E-state index in [-0.39, 0.29) is 18.0 Å². The van der Waals surface area contributed by atoms with Gasteiger partial charge in [0.25, 0.3) is 0 Å². The lowest BCUT2D eigenvalue weighted by atomic mass is 9.96. The molecule has 2 aliphatic rings. The van der Waals surface area contributed by atoms with E-state index in [9.17, 15) is 4.79 Å². The number of thiocarbonyl (C=S) groups is 1. The van der Waals surface area contributed by atoms with E-state index in [4.69, 9.17) is 26.7 Å². The van der Waals surface area contributed by atoms with Gasteiger partial charge in [-0.05, 0) is 86.2 Å². The highest BCUT2D eigenvalue weighted by Crippen LogP contribution is 2.45. The van der Waals surface area contributed by atoms with Crippen LogP contribution in [0.5, 0.6) is 5.75 Å². The number of benzene rings is 2. The fourth-order valence-corrected chi connectivity index (χ4v) is 6.58. The van der Waals surface area contributed by atoms with Gasteiger partial charge in [-0.3, -0.25) is 9.78 Å². The Labute approximate surface area is 263 Å². The molecule has 0 unspecified atom stereocenters. The van der Waals surface area contributed by atoms with E-state index >= 15 is 0 Å². The molecule has 1 amide bonds. The summed E-state index contributed by atoms with van der Waals surface area (Å²) in [5.41, 5.74) is 8.10. The van der Waals surface area contributed by atoms with Gasteiger partial charge in [0.05, 0.1) is 43.8 Å². The molecule has 9 nitrogen and oxygen atoms in total. The van der Waals surface area contributed by atoms with Crippen LogP contribution in [-0.4, -0.2) is 54.0 Å². The van der Waals surface area contributed by atoms with E-state index in [0.29, 0.717) is 23.0 Å². The lowest BCUT2D eigenvalue weighted by Gasteiger charge is -2.29. The quantitative estimate of drug-likeness (QED) is 0.240. The van der Waals surface area contributed by atoms with Crippen molar-refractivity contribution in [2.24, 2.45) is 0 Å². The number of ether oxygens (including phenoxy) is 2. The number of nitrogens with one attached hydrogen (secondary N) is 2. The molecule has 2 aromatic heterocycles. The van der Waals surface area contributed by atoms with E-state index in [1.165, 1.54) is 5.69 Å². The normalized spacial score (nSPS) is 18.3. The minimum absolute atomic E-state index is 0.0760. The fourth-order valence-electron chi connectivity index (χ4n) is 6.24. The zero-order chi connectivity index (χ0) is 30.8. The van der Waals surface area contributed by atoms with Crippen molar-refractivity contribution in [2.45, 2.75) is 39.3 Å². The minimum atomic E-state index is -0.189. The van der Waals surface area contributed by atoms with Crippen LogP contribution in [0.2, 0.25) is 0 Å². The fraction of sp³-hybridized carbons (Fsp3) is 0.324. The molecule has 228 valence electrons. The van der Waals surface area contributed by atoms with Crippen molar-refractivity contribution in [2.75, 3.05) is 48.5 Å². The minimum Gasteiger partial charge on any atom is -0.494 e. The Morgan fingerprint density at radius 3 is 2.45 bits per heavy atom. The number of nitrogens with zero attached hydrogens (tertiary/aromatic N) is 4. The predicted molar refractivity (Wildman–Crippen MR) is 178 cm³/mol. The Kier molecular flexibility index (Phi) is 8.54. The van der Waals surface area contributed by atoms with Crippen molar-refractivity contribution in [1.29, 1.82) is 0 Å². The molecule has 0 radical (unpaired) electrons. The topological polar surface area (TPSA) is 83.9 Å². The van der Waals surface area contributed by atoms with Gasteiger partial charge < -0.3 is 34.5 Å². The van der Waals surface area contributed by atoms with Crippen molar-refractivity contribution < 1.29 is 14.3 Å². The molecule has 2 saturated heterocycles. The summed E-state index contributed by atoms with van der Waals surface area (Å²) in [6, 6.07) is 22.4. The van der Waals surface area contributed by atoms with E-state index in [1.54, 1.807) is 7.11 Å². The van der Waals surface area contributed by atoms with Crippen LogP contribution in [0.1, 0.15) is 48.1 Å². The first-order chi connectivity index (χ1) is 21.4. The van der Waals surface area contributed by atoms with Crippen LogP contribution in [0, 0.1) is 13.8 Å². The zero-order valence-electron chi connectivity index (χ0n) is 25.5. The van der Waals surface area contributed by atoms with Crippen LogP contribution < -0.4 is 25.2 Å². The summed E-state index contributed by atoms with van der Waals surface area (Å²) in [6.07, 6.45) is 2.19.